The third-order valence-corrected chi connectivity index (χ3v) is 2.57. The average Bonchev–Trinajstić information content (AvgIpc) is 2.32. The van der Waals surface area contributed by atoms with Crippen LogP contribution in [0.15, 0.2) is 42.6 Å². The number of ketones is 1. The minimum absolute atomic E-state index is 0.00575. The zero-order chi connectivity index (χ0) is 12.3. The van der Waals surface area contributed by atoms with Crippen LogP contribution in [0.3, 0.4) is 0 Å². The Kier molecular flexibility index (Phi) is 3.19. The van der Waals surface area contributed by atoms with Crippen LogP contribution in [0.2, 0.25) is 0 Å². The van der Waals surface area contributed by atoms with Gasteiger partial charge in [0.15, 0.2) is 5.78 Å². The number of aromatic nitrogens is 1. The molecular formula is C14H13NO2. The van der Waals surface area contributed by atoms with E-state index in [0.29, 0.717) is 12.1 Å². The number of Topliss-reactive ketones (excluding diaryl/α,β-unsaturated/α-hetero) is 1. The van der Waals surface area contributed by atoms with Crippen LogP contribution in [0.5, 0.6) is 5.75 Å². The van der Waals surface area contributed by atoms with Crippen molar-refractivity contribution in [1.29, 1.82) is 0 Å². The minimum atomic E-state index is -0.00575. The fourth-order valence-corrected chi connectivity index (χ4v) is 1.66. The number of hydrogen-bond acceptors (Lipinski definition) is 3. The summed E-state index contributed by atoms with van der Waals surface area (Å²) in [6.07, 6.45) is 1.93. The minimum Gasteiger partial charge on any atom is -0.508 e. The number of benzene rings is 1. The first-order chi connectivity index (χ1) is 8.16. The molecule has 3 heteroatoms. The fraction of sp³-hybridized carbons (Fsp3) is 0.143. The summed E-state index contributed by atoms with van der Waals surface area (Å²) in [7, 11) is 0. The van der Waals surface area contributed by atoms with E-state index in [2.05, 4.69) is 4.98 Å². The number of phenols is 1. The quantitative estimate of drug-likeness (QED) is 0.820. The van der Waals surface area contributed by atoms with Crippen molar-refractivity contribution >= 4 is 5.78 Å². The summed E-state index contributed by atoms with van der Waals surface area (Å²) in [6, 6.07) is 10.3. The van der Waals surface area contributed by atoms with Gasteiger partial charge in [-0.25, -0.2) is 0 Å². The Balaban J connectivity index is 2.17. The van der Waals surface area contributed by atoms with Crippen LogP contribution in [0, 0.1) is 6.92 Å². The molecule has 0 radical (unpaired) electrons. The van der Waals surface area contributed by atoms with Crippen molar-refractivity contribution in [3.63, 3.8) is 0 Å². The van der Waals surface area contributed by atoms with Crippen LogP contribution in [0.1, 0.15) is 21.6 Å². The highest BCUT2D eigenvalue weighted by atomic mass is 16.3. The Morgan fingerprint density at radius 2 is 1.94 bits per heavy atom. The lowest BCUT2D eigenvalue weighted by atomic mass is 10.0. The molecule has 0 amide bonds. The molecule has 2 rings (SSSR count). The van der Waals surface area contributed by atoms with Gasteiger partial charge in [0, 0.05) is 12.6 Å². The van der Waals surface area contributed by atoms with Crippen LogP contribution >= 0.6 is 0 Å². The van der Waals surface area contributed by atoms with Gasteiger partial charge < -0.3 is 5.11 Å². The second-order valence-electron chi connectivity index (χ2n) is 3.94. The molecule has 1 heterocycles. The van der Waals surface area contributed by atoms with Gasteiger partial charge in [0.05, 0.1) is 0 Å². The lowest BCUT2D eigenvalue weighted by Gasteiger charge is -2.03. The van der Waals surface area contributed by atoms with Crippen molar-refractivity contribution in [2.75, 3.05) is 0 Å². The summed E-state index contributed by atoms with van der Waals surface area (Å²) >= 11 is 0. The first kappa shape index (κ1) is 11.3. The van der Waals surface area contributed by atoms with Crippen molar-refractivity contribution < 1.29 is 9.90 Å². The Bertz CT molecular complexity index is 532. The van der Waals surface area contributed by atoms with Crippen molar-refractivity contribution in [1.82, 2.24) is 4.98 Å². The summed E-state index contributed by atoms with van der Waals surface area (Å²) in [5.74, 6) is 0.198. The zero-order valence-corrected chi connectivity index (χ0v) is 9.55. The van der Waals surface area contributed by atoms with E-state index in [1.807, 2.05) is 19.1 Å². The molecule has 0 bridgehead atoms. The Morgan fingerprint density at radius 1 is 1.24 bits per heavy atom. The van der Waals surface area contributed by atoms with Crippen LogP contribution in [0.25, 0.3) is 0 Å². The molecule has 1 N–H and O–H groups in total. The molecule has 0 aliphatic carbocycles. The maximum absolute atomic E-state index is 12.0. The van der Waals surface area contributed by atoms with Gasteiger partial charge in [-0.05, 0) is 36.2 Å². The molecule has 0 saturated heterocycles. The highest BCUT2D eigenvalue weighted by molar-refractivity contribution is 5.96. The van der Waals surface area contributed by atoms with E-state index in [0.717, 1.165) is 11.1 Å². The highest BCUT2D eigenvalue weighted by Gasteiger charge is 2.10. The number of pyridine rings is 1. The van der Waals surface area contributed by atoms with Gasteiger partial charge in [0.25, 0.3) is 0 Å². The van der Waals surface area contributed by atoms with E-state index < -0.39 is 0 Å². The van der Waals surface area contributed by atoms with E-state index in [9.17, 15) is 4.79 Å². The molecule has 0 aliphatic rings. The first-order valence-corrected chi connectivity index (χ1v) is 5.39. The van der Waals surface area contributed by atoms with Crippen LogP contribution in [-0.2, 0) is 6.42 Å². The van der Waals surface area contributed by atoms with Crippen LogP contribution < -0.4 is 0 Å². The van der Waals surface area contributed by atoms with Gasteiger partial charge in [-0.3, -0.25) is 9.78 Å². The summed E-state index contributed by atoms with van der Waals surface area (Å²) in [4.78, 5) is 16.1. The molecule has 17 heavy (non-hydrogen) atoms. The molecular weight excluding hydrogens is 214 g/mol. The molecule has 1 aromatic heterocycles. The van der Waals surface area contributed by atoms with E-state index in [-0.39, 0.29) is 11.5 Å². The number of carbonyl (C=O) groups excluding carboxylic acids is 1. The molecule has 0 fully saturated rings. The molecule has 0 aliphatic heterocycles. The monoisotopic (exact) mass is 227 g/mol. The predicted octanol–water partition coefficient (Wildman–Crippen LogP) is 2.52. The van der Waals surface area contributed by atoms with Crippen molar-refractivity contribution in [2.45, 2.75) is 13.3 Å². The molecule has 0 spiro atoms. The second kappa shape index (κ2) is 4.78. The number of hydrogen-bond donors (Lipinski definition) is 1. The van der Waals surface area contributed by atoms with E-state index in [1.165, 1.54) is 0 Å². The fourth-order valence-electron chi connectivity index (χ4n) is 1.66. The second-order valence-corrected chi connectivity index (χ2v) is 3.94. The van der Waals surface area contributed by atoms with Gasteiger partial charge in [0.1, 0.15) is 11.4 Å². The largest absolute Gasteiger partial charge is 0.508 e. The number of nitrogens with zero attached hydrogens (tertiary/aromatic N) is 1. The van der Waals surface area contributed by atoms with Crippen LogP contribution in [-0.4, -0.2) is 15.9 Å². The maximum atomic E-state index is 12.0. The first-order valence-electron chi connectivity index (χ1n) is 5.39. The lowest BCUT2D eigenvalue weighted by Crippen LogP contribution is -2.07. The smallest absolute Gasteiger partial charge is 0.185 e. The highest BCUT2D eigenvalue weighted by Crippen LogP contribution is 2.13. The Hall–Kier alpha value is -2.16. The third-order valence-electron chi connectivity index (χ3n) is 2.57. The van der Waals surface area contributed by atoms with Gasteiger partial charge in [-0.1, -0.05) is 18.2 Å². The standard InChI is InChI=1S/C14H13NO2/c1-10-3-2-8-15-14(10)13(17)9-11-4-6-12(16)7-5-11/h2-8,16H,9H2,1H3. The van der Waals surface area contributed by atoms with Crippen molar-refractivity contribution in [3.8, 4) is 5.75 Å². The molecule has 86 valence electrons. The molecule has 0 saturated carbocycles. The van der Waals surface area contributed by atoms with Crippen LogP contribution in [0.4, 0.5) is 0 Å². The van der Waals surface area contributed by atoms with Crippen molar-refractivity contribution in [3.05, 3.63) is 59.4 Å². The maximum Gasteiger partial charge on any atom is 0.185 e. The summed E-state index contributed by atoms with van der Waals surface area (Å²) < 4.78 is 0. The third kappa shape index (κ3) is 2.69. The Morgan fingerprint density at radius 3 is 2.59 bits per heavy atom. The average molecular weight is 227 g/mol. The lowest BCUT2D eigenvalue weighted by molar-refractivity contribution is 0.0987. The predicted molar refractivity (Wildman–Crippen MR) is 65.1 cm³/mol. The van der Waals surface area contributed by atoms with Gasteiger partial charge in [-0.15, -0.1) is 0 Å². The van der Waals surface area contributed by atoms with Gasteiger partial charge >= 0.3 is 0 Å². The number of aromatic hydroxyl groups is 1. The van der Waals surface area contributed by atoms with E-state index in [4.69, 9.17) is 5.11 Å². The SMILES string of the molecule is Cc1cccnc1C(=O)Cc1ccc(O)cc1. The molecule has 0 unspecified atom stereocenters. The molecule has 1 aromatic carbocycles. The van der Waals surface area contributed by atoms with Gasteiger partial charge in [0.2, 0.25) is 0 Å². The summed E-state index contributed by atoms with van der Waals surface area (Å²) in [6.45, 7) is 1.87. The zero-order valence-electron chi connectivity index (χ0n) is 9.55. The van der Waals surface area contributed by atoms with Crippen molar-refractivity contribution in [2.24, 2.45) is 0 Å². The summed E-state index contributed by atoms with van der Waals surface area (Å²) in [5, 5.41) is 9.15. The number of aryl methyl sites for hydroxylation is 1. The Labute approximate surface area is 99.8 Å². The van der Waals surface area contributed by atoms with Gasteiger partial charge in [-0.2, -0.15) is 0 Å². The molecule has 3 nitrogen and oxygen atoms in total. The normalized spacial score (nSPS) is 10.2. The topological polar surface area (TPSA) is 50.2 Å². The van der Waals surface area contributed by atoms with E-state index >= 15 is 0 Å². The van der Waals surface area contributed by atoms with E-state index in [1.54, 1.807) is 30.5 Å². The number of phenolic OH excluding ortho intramolecular Hbond substituents is 1. The molecule has 2 aromatic rings. The molecule has 0 atom stereocenters. The number of carbonyl (C=O) groups is 1. The number of rotatable bonds is 3. The summed E-state index contributed by atoms with van der Waals surface area (Å²) in [5.41, 5.74) is 2.27.